The minimum absolute atomic E-state index is 0.0110. The van der Waals surface area contributed by atoms with Crippen molar-refractivity contribution in [2.24, 2.45) is 0 Å². The van der Waals surface area contributed by atoms with Crippen molar-refractivity contribution in [2.45, 2.75) is 19.8 Å². The Kier molecular flexibility index (Phi) is 5.35. The monoisotopic (exact) mass is 239 g/mol. The Morgan fingerprint density at radius 2 is 2.24 bits per heavy atom. The number of aromatic nitrogens is 2. The van der Waals surface area contributed by atoms with Crippen LogP contribution in [0.5, 0.6) is 0 Å². The molecule has 2 N–H and O–H groups in total. The van der Waals surface area contributed by atoms with Gasteiger partial charge in [-0.1, -0.05) is 0 Å². The smallest absolute Gasteiger partial charge is 0.354 e. The van der Waals surface area contributed by atoms with E-state index in [4.69, 9.17) is 9.84 Å². The summed E-state index contributed by atoms with van der Waals surface area (Å²) in [4.78, 5) is 18.8. The number of nitrogens with one attached hydrogen (secondary N) is 1. The van der Waals surface area contributed by atoms with Gasteiger partial charge in [0.05, 0.1) is 0 Å². The summed E-state index contributed by atoms with van der Waals surface area (Å²) in [5.41, 5.74) is 0.647. The van der Waals surface area contributed by atoms with E-state index >= 15 is 0 Å². The molecule has 0 saturated heterocycles. The van der Waals surface area contributed by atoms with Crippen molar-refractivity contribution in [1.82, 2.24) is 9.97 Å². The molecule has 17 heavy (non-hydrogen) atoms. The van der Waals surface area contributed by atoms with Crippen LogP contribution in [0.15, 0.2) is 6.07 Å². The third-order valence-corrected chi connectivity index (χ3v) is 2.13. The zero-order valence-electron chi connectivity index (χ0n) is 10.1. The van der Waals surface area contributed by atoms with Gasteiger partial charge in [0.1, 0.15) is 0 Å². The summed E-state index contributed by atoms with van der Waals surface area (Å²) in [6, 6.07) is 1.44. The largest absolute Gasteiger partial charge is 0.477 e. The predicted octanol–water partition coefficient (Wildman–Crippen LogP) is 1.32. The molecule has 0 aliphatic heterocycles. The van der Waals surface area contributed by atoms with Crippen molar-refractivity contribution in [3.8, 4) is 0 Å². The standard InChI is InChI=1S/C11H17N3O3/c1-8-7-9(10(15)16)14-11(13-8)12-5-3-4-6-17-2/h7H,3-6H2,1-2H3,(H,15,16)(H,12,13,14). The molecule has 1 heterocycles. The van der Waals surface area contributed by atoms with Crippen LogP contribution in [0.3, 0.4) is 0 Å². The number of carbonyl (C=O) groups is 1. The Labute approximate surface area is 100 Å². The summed E-state index contributed by atoms with van der Waals surface area (Å²) in [5, 5.41) is 11.8. The molecule has 0 amide bonds. The van der Waals surface area contributed by atoms with Gasteiger partial charge >= 0.3 is 5.97 Å². The zero-order chi connectivity index (χ0) is 12.7. The van der Waals surface area contributed by atoms with Crippen LogP contribution >= 0.6 is 0 Å². The number of nitrogens with zero attached hydrogens (tertiary/aromatic N) is 2. The van der Waals surface area contributed by atoms with Gasteiger partial charge in [-0.3, -0.25) is 0 Å². The van der Waals surface area contributed by atoms with Gasteiger partial charge in [0.15, 0.2) is 5.69 Å². The molecule has 6 nitrogen and oxygen atoms in total. The molecule has 0 radical (unpaired) electrons. The molecular weight excluding hydrogens is 222 g/mol. The number of hydrogen-bond acceptors (Lipinski definition) is 5. The average Bonchev–Trinajstić information content (AvgIpc) is 2.28. The topological polar surface area (TPSA) is 84.3 Å². The van der Waals surface area contributed by atoms with E-state index < -0.39 is 5.97 Å². The van der Waals surface area contributed by atoms with Crippen molar-refractivity contribution in [3.05, 3.63) is 17.5 Å². The lowest BCUT2D eigenvalue weighted by atomic mass is 10.3. The fourth-order valence-corrected chi connectivity index (χ4v) is 1.33. The molecule has 94 valence electrons. The number of carboxylic acid groups (broad SMARTS) is 1. The van der Waals surface area contributed by atoms with Gasteiger partial charge in [0.2, 0.25) is 5.95 Å². The summed E-state index contributed by atoms with van der Waals surface area (Å²) >= 11 is 0. The second kappa shape index (κ2) is 6.80. The molecule has 0 aliphatic rings. The normalized spacial score (nSPS) is 10.2. The number of aryl methyl sites for hydroxylation is 1. The molecule has 0 saturated carbocycles. The fraction of sp³-hybridized carbons (Fsp3) is 0.545. The second-order valence-electron chi connectivity index (χ2n) is 3.65. The third kappa shape index (κ3) is 4.78. The van der Waals surface area contributed by atoms with Crippen molar-refractivity contribution in [2.75, 3.05) is 25.6 Å². The lowest BCUT2D eigenvalue weighted by Gasteiger charge is -2.06. The van der Waals surface area contributed by atoms with Crippen LogP contribution in [0.2, 0.25) is 0 Å². The van der Waals surface area contributed by atoms with Crippen LogP contribution < -0.4 is 5.32 Å². The average molecular weight is 239 g/mol. The van der Waals surface area contributed by atoms with Gasteiger partial charge in [-0.15, -0.1) is 0 Å². The molecule has 1 rings (SSSR count). The van der Waals surface area contributed by atoms with E-state index in [0.717, 1.165) is 19.4 Å². The SMILES string of the molecule is COCCCCNc1nc(C)cc(C(=O)O)n1. The van der Waals surface area contributed by atoms with Crippen molar-refractivity contribution >= 4 is 11.9 Å². The number of rotatable bonds is 7. The molecule has 1 aromatic heterocycles. The number of methoxy groups -OCH3 is 1. The van der Waals surface area contributed by atoms with Crippen molar-refractivity contribution in [3.63, 3.8) is 0 Å². The van der Waals surface area contributed by atoms with Crippen LogP contribution in [0, 0.1) is 6.92 Å². The minimum atomic E-state index is -1.04. The Bertz CT molecular complexity index is 382. The number of ether oxygens (including phenoxy) is 1. The summed E-state index contributed by atoms with van der Waals surface area (Å²) < 4.78 is 4.93. The zero-order valence-corrected chi connectivity index (χ0v) is 10.1. The highest BCUT2D eigenvalue weighted by Crippen LogP contribution is 2.05. The maximum Gasteiger partial charge on any atom is 0.354 e. The first-order valence-corrected chi connectivity index (χ1v) is 5.45. The Hall–Kier alpha value is -1.69. The molecule has 6 heteroatoms. The molecule has 0 fully saturated rings. The second-order valence-corrected chi connectivity index (χ2v) is 3.65. The van der Waals surface area contributed by atoms with E-state index in [1.165, 1.54) is 6.07 Å². The van der Waals surface area contributed by atoms with Crippen LogP contribution in [-0.4, -0.2) is 41.3 Å². The summed E-state index contributed by atoms with van der Waals surface area (Å²) in [6.07, 6.45) is 1.87. The summed E-state index contributed by atoms with van der Waals surface area (Å²) in [7, 11) is 1.66. The highest BCUT2D eigenvalue weighted by Gasteiger charge is 2.07. The van der Waals surface area contributed by atoms with E-state index in [-0.39, 0.29) is 5.69 Å². The Morgan fingerprint density at radius 3 is 2.88 bits per heavy atom. The molecule has 0 aromatic carbocycles. The van der Waals surface area contributed by atoms with E-state index in [0.29, 0.717) is 18.2 Å². The quantitative estimate of drug-likeness (QED) is 0.698. The first-order valence-electron chi connectivity index (χ1n) is 5.45. The fourth-order valence-electron chi connectivity index (χ4n) is 1.33. The third-order valence-electron chi connectivity index (χ3n) is 2.13. The minimum Gasteiger partial charge on any atom is -0.477 e. The lowest BCUT2D eigenvalue weighted by molar-refractivity contribution is 0.0690. The summed E-state index contributed by atoms with van der Waals surface area (Å²) in [6.45, 7) is 3.16. The van der Waals surface area contributed by atoms with Crippen LogP contribution in [0.25, 0.3) is 0 Å². The van der Waals surface area contributed by atoms with Gasteiger partial charge < -0.3 is 15.2 Å². The van der Waals surface area contributed by atoms with Gasteiger partial charge in [0, 0.05) is 26.0 Å². The Morgan fingerprint density at radius 1 is 1.47 bits per heavy atom. The van der Waals surface area contributed by atoms with Gasteiger partial charge in [-0.05, 0) is 25.8 Å². The highest BCUT2D eigenvalue weighted by molar-refractivity contribution is 5.85. The van der Waals surface area contributed by atoms with E-state index in [1.54, 1.807) is 14.0 Å². The molecule has 1 aromatic rings. The van der Waals surface area contributed by atoms with Gasteiger partial charge in [-0.25, -0.2) is 14.8 Å². The lowest BCUT2D eigenvalue weighted by Crippen LogP contribution is -2.10. The number of aromatic carboxylic acids is 1. The van der Waals surface area contributed by atoms with Gasteiger partial charge in [-0.2, -0.15) is 0 Å². The Balaban J connectivity index is 2.50. The molecule has 0 spiro atoms. The van der Waals surface area contributed by atoms with Crippen LogP contribution in [0.4, 0.5) is 5.95 Å². The van der Waals surface area contributed by atoms with Crippen LogP contribution in [-0.2, 0) is 4.74 Å². The maximum absolute atomic E-state index is 10.8. The predicted molar refractivity (Wildman–Crippen MR) is 63.3 cm³/mol. The van der Waals surface area contributed by atoms with Gasteiger partial charge in [0.25, 0.3) is 0 Å². The molecule has 0 aliphatic carbocycles. The number of anilines is 1. The molecule has 0 bridgehead atoms. The number of carboxylic acids is 1. The van der Waals surface area contributed by atoms with E-state index in [1.807, 2.05) is 0 Å². The van der Waals surface area contributed by atoms with Crippen molar-refractivity contribution in [1.29, 1.82) is 0 Å². The number of unbranched alkanes of at least 4 members (excludes halogenated alkanes) is 1. The maximum atomic E-state index is 10.8. The van der Waals surface area contributed by atoms with Crippen LogP contribution in [0.1, 0.15) is 29.0 Å². The first kappa shape index (κ1) is 13.4. The number of hydrogen-bond donors (Lipinski definition) is 2. The molecule has 0 unspecified atom stereocenters. The highest BCUT2D eigenvalue weighted by atomic mass is 16.5. The summed E-state index contributed by atoms with van der Waals surface area (Å²) in [5.74, 6) is -0.683. The van der Waals surface area contributed by atoms with E-state index in [2.05, 4.69) is 15.3 Å². The van der Waals surface area contributed by atoms with Crippen molar-refractivity contribution < 1.29 is 14.6 Å². The van der Waals surface area contributed by atoms with E-state index in [9.17, 15) is 4.79 Å². The molecular formula is C11H17N3O3. The molecule has 0 atom stereocenters. The first-order chi connectivity index (χ1) is 8.13.